The molecule has 0 radical (unpaired) electrons. The molecular weight excluding hydrogens is 204 g/mol. The van der Waals surface area contributed by atoms with Crippen molar-refractivity contribution in [2.45, 2.75) is 34.1 Å². The Labute approximate surface area is 101 Å². The molecule has 0 aliphatic rings. The fourth-order valence-corrected chi connectivity index (χ4v) is 0.289. The normalized spacial score (nSPS) is 6.88. The molecule has 0 aromatic heterocycles. The molecule has 0 unspecified atom stereocenters. The van der Waals surface area contributed by atoms with Crippen molar-refractivity contribution in [2.75, 3.05) is 26.4 Å². The van der Waals surface area contributed by atoms with Gasteiger partial charge in [-0.05, 0) is 27.2 Å². The van der Waals surface area contributed by atoms with Crippen LogP contribution in [-0.2, 0) is 4.74 Å². The van der Waals surface area contributed by atoms with Gasteiger partial charge in [-0.25, -0.2) is 0 Å². The fraction of sp³-hybridized carbons (Fsp3) is 0.692. The van der Waals surface area contributed by atoms with Gasteiger partial charge in [0.2, 0.25) is 0 Å². The van der Waals surface area contributed by atoms with Gasteiger partial charge >= 0.3 is 0 Å². The summed E-state index contributed by atoms with van der Waals surface area (Å²) in [5.41, 5.74) is 0. The van der Waals surface area contributed by atoms with E-state index in [0.29, 0.717) is 0 Å². The van der Waals surface area contributed by atoms with Crippen LogP contribution in [0.3, 0.4) is 0 Å². The van der Waals surface area contributed by atoms with Gasteiger partial charge in [0.05, 0.1) is 13.2 Å². The van der Waals surface area contributed by atoms with Crippen LogP contribution in [-0.4, -0.2) is 36.6 Å². The van der Waals surface area contributed by atoms with E-state index in [1.807, 2.05) is 20.8 Å². The number of ether oxygens (including phenoxy) is 1. The van der Waals surface area contributed by atoms with Crippen molar-refractivity contribution in [2.24, 2.45) is 0 Å². The van der Waals surface area contributed by atoms with Crippen molar-refractivity contribution < 1.29 is 14.9 Å². The highest BCUT2D eigenvalue weighted by atomic mass is 16.5. The summed E-state index contributed by atoms with van der Waals surface area (Å²) < 4.78 is 4.98. The lowest BCUT2D eigenvalue weighted by molar-refractivity contribution is 0.148. The lowest BCUT2D eigenvalue weighted by Crippen LogP contribution is -1.88. The number of hydrogen-bond donors (Lipinski definition) is 2. The first kappa shape index (κ1) is 24.5. The van der Waals surface area contributed by atoms with Gasteiger partial charge in [-0.3, -0.25) is 0 Å². The van der Waals surface area contributed by atoms with E-state index < -0.39 is 0 Å². The molecule has 0 aromatic carbocycles. The quantitative estimate of drug-likeness (QED) is 0.581. The predicted molar refractivity (Wildman–Crippen MR) is 72.7 cm³/mol. The van der Waals surface area contributed by atoms with Crippen LogP contribution in [0.4, 0.5) is 0 Å². The molecule has 0 fully saturated rings. The smallest absolute Gasteiger partial charge is 0.0662 e. The molecule has 0 atom stereocenters. The Balaban J connectivity index is -0.0000000635. The molecule has 100 valence electrons. The number of hydrogen-bond acceptors (Lipinski definition) is 3. The van der Waals surface area contributed by atoms with Crippen molar-refractivity contribution in [1.82, 2.24) is 0 Å². The molecule has 0 saturated heterocycles. The molecule has 0 amide bonds. The number of rotatable bonds is 4. The van der Waals surface area contributed by atoms with E-state index in [4.69, 9.17) is 14.9 Å². The SMILES string of the molecule is C=CC.C=CC.CCCOCC.OCCO. The van der Waals surface area contributed by atoms with E-state index in [1.54, 1.807) is 12.2 Å². The Morgan fingerprint density at radius 3 is 1.38 bits per heavy atom. The maximum Gasteiger partial charge on any atom is 0.0662 e. The highest BCUT2D eigenvalue weighted by Crippen LogP contribution is 1.75. The second-order valence-electron chi connectivity index (χ2n) is 2.46. The lowest BCUT2D eigenvalue weighted by Gasteiger charge is -1.91. The summed E-state index contributed by atoms with van der Waals surface area (Å²) in [6.45, 7) is 16.1. The van der Waals surface area contributed by atoms with Gasteiger partial charge in [0.1, 0.15) is 0 Å². The molecule has 0 spiro atoms. The average Bonchev–Trinajstić information content (AvgIpc) is 2.29. The lowest BCUT2D eigenvalue weighted by atomic mass is 10.5. The van der Waals surface area contributed by atoms with Gasteiger partial charge in [-0.15, -0.1) is 13.2 Å². The van der Waals surface area contributed by atoms with Gasteiger partial charge in [0, 0.05) is 13.2 Å². The zero-order valence-electron chi connectivity index (χ0n) is 11.4. The number of allylic oxidation sites excluding steroid dienone is 2. The summed E-state index contributed by atoms with van der Waals surface area (Å²) in [7, 11) is 0. The van der Waals surface area contributed by atoms with Crippen molar-refractivity contribution in [3.63, 3.8) is 0 Å². The van der Waals surface area contributed by atoms with Crippen LogP contribution in [0.15, 0.2) is 25.3 Å². The third-order valence-electron chi connectivity index (χ3n) is 0.653. The van der Waals surface area contributed by atoms with Crippen molar-refractivity contribution in [3.8, 4) is 0 Å². The zero-order chi connectivity index (χ0) is 13.7. The van der Waals surface area contributed by atoms with Crippen molar-refractivity contribution in [1.29, 1.82) is 0 Å². The standard InChI is InChI=1S/C5H12O.2C3H6.C2H6O2/c1-3-5-6-4-2;2*1-3-2;3-1-2-4/h3-5H2,1-2H3;2*3H,1H2,2H3;3-4H,1-2H2. The maximum atomic E-state index is 7.62. The molecule has 0 heterocycles. The van der Waals surface area contributed by atoms with E-state index >= 15 is 0 Å². The largest absolute Gasteiger partial charge is 0.394 e. The second-order valence-corrected chi connectivity index (χ2v) is 2.46. The minimum absolute atomic E-state index is 0.125. The summed E-state index contributed by atoms with van der Waals surface area (Å²) in [4.78, 5) is 0. The van der Waals surface area contributed by atoms with Gasteiger partial charge < -0.3 is 14.9 Å². The van der Waals surface area contributed by atoms with Crippen LogP contribution >= 0.6 is 0 Å². The predicted octanol–water partition coefficient (Wildman–Crippen LogP) is 2.79. The minimum atomic E-state index is -0.125. The summed E-state index contributed by atoms with van der Waals surface area (Å²) in [5.74, 6) is 0. The molecule has 0 bridgehead atoms. The third-order valence-corrected chi connectivity index (χ3v) is 0.653. The van der Waals surface area contributed by atoms with E-state index in [9.17, 15) is 0 Å². The Kier molecular flexibility index (Phi) is 72.6. The van der Waals surface area contributed by atoms with E-state index in [-0.39, 0.29) is 13.2 Å². The Morgan fingerprint density at radius 2 is 1.31 bits per heavy atom. The van der Waals surface area contributed by atoms with E-state index in [1.165, 1.54) is 0 Å². The zero-order valence-corrected chi connectivity index (χ0v) is 11.4. The summed E-state index contributed by atoms with van der Waals surface area (Å²) >= 11 is 0. The summed E-state index contributed by atoms with van der Waals surface area (Å²) in [6, 6.07) is 0. The van der Waals surface area contributed by atoms with Crippen LogP contribution in [0.1, 0.15) is 34.1 Å². The molecule has 3 nitrogen and oxygen atoms in total. The van der Waals surface area contributed by atoms with Crippen LogP contribution in [0.2, 0.25) is 0 Å². The van der Waals surface area contributed by atoms with Crippen LogP contribution in [0, 0.1) is 0 Å². The van der Waals surface area contributed by atoms with Crippen molar-refractivity contribution >= 4 is 0 Å². The molecule has 0 rings (SSSR count). The first-order valence-electron chi connectivity index (χ1n) is 5.60. The van der Waals surface area contributed by atoms with E-state index in [2.05, 4.69) is 20.1 Å². The molecule has 2 N–H and O–H groups in total. The average molecular weight is 234 g/mol. The number of aliphatic hydroxyl groups is 2. The molecule has 0 aliphatic heterocycles. The summed E-state index contributed by atoms with van der Waals surface area (Å²) in [5, 5.41) is 15.2. The fourth-order valence-electron chi connectivity index (χ4n) is 0.289. The monoisotopic (exact) mass is 234 g/mol. The molecule has 0 saturated carbocycles. The minimum Gasteiger partial charge on any atom is -0.394 e. The molecule has 16 heavy (non-hydrogen) atoms. The van der Waals surface area contributed by atoms with Crippen LogP contribution in [0.25, 0.3) is 0 Å². The Bertz CT molecular complexity index is 81.2. The topological polar surface area (TPSA) is 49.7 Å². The molecule has 0 aromatic rings. The van der Waals surface area contributed by atoms with Gasteiger partial charge in [0.25, 0.3) is 0 Å². The van der Waals surface area contributed by atoms with Crippen LogP contribution in [0.5, 0.6) is 0 Å². The maximum absolute atomic E-state index is 7.62. The van der Waals surface area contributed by atoms with Crippen LogP contribution < -0.4 is 0 Å². The second kappa shape index (κ2) is 47.3. The first-order valence-corrected chi connectivity index (χ1v) is 5.60. The first-order chi connectivity index (χ1) is 7.66. The summed E-state index contributed by atoms with van der Waals surface area (Å²) in [6.07, 6.45) is 4.63. The van der Waals surface area contributed by atoms with E-state index in [0.717, 1.165) is 19.6 Å². The highest BCUT2D eigenvalue weighted by molar-refractivity contribution is 4.51. The van der Waals surface area contributed by atoms with Gasteiger partial charge in [-0.2, -0.15) is 0 Å². The Morgan fingerprint density at radius 1 is 1.00 bits per heavy atom. The molecular formula is C13H30O3. The van der Waals surface area contributed by atoms with Gasteiger partial charge in [-0.1, -0.05) is 19.1 Å². The number of aliphatic hydroxyl groups excluding tert-OH is 2. The van der Waals surface area contributed by atoms with Gasteiger partial charge in [0.15, 0.2) is 0 Å². The van der Waals surface area contributed by atoms with Crippen molar-refractivity contribution in [3.05, 3.63) is 25.3 Å². The Hall–Kier alpha value is -0.640. The third kappa shape index (κ3) is 181. The highest BCUT2D eigenvalue weighted by Gasteiger charge is 1.72. The molecule has 0 aliphatic carbocycles. The molecule has 3 heteroatoms.